The molecule has 1 unspecified atom stereocenters. The monoisotopic (exact) mass is 288 g/mol. The molecule has 6 nitrogen and oxygen atoms in total. The number of halogens is 1. The normalized spacial score (nSPS) is 12.3. The molecule has 0 radical (unpaired) electrons. The topological polar surface area (TPSA) is 71.4 Å². The lowest BCUT2D eigenvalue weighted by Crippen LogP contribution is -2.10. The number of nitrogens with zero attached hydrogens (tertiary/aromatic N) is 4. The number of benzene rings is 1. The molecule has 2 aromatic heterocycles. The average molecular weight is 289 g/mol. The molecule has 1 aromatic carbocycles. The van der Waals surface area contributed by atoms with Crippen molar-refractivity contribution in [1.82, 2.24) is 25.0 Å². The molecule has 7 heteroatoms. The van der Waals surface area contributed by atoms with Gasteiger partial charge in [-0.2, -0.15) is 10.2 Å². The third-order valence-corrected chi connectivity index (χ3v) is 3.30. The van der Waals surface area contributed by atoms with Crippen LogP contribution in [-0.2, 0) is 0 Å². The molecule has 0 saturated heterocycles. The van der Waals surface area contributed by atoms with Crippen LogP contribution in [0.3, 0.4) is 0 Å². The lowest BCUT2D eigenvalue weighted by atomic mass is 10.2. The van der Waals surface area contributed by atoms with E-state index in [9.17, 15) is 0 Å². The Hall–Kier alpha value is -2.34. The maximum atomic E-state index is 6.28. The number of nitrogens with one attached hydrogen (secondary N) is 2. The maximum absolute atomic E-state index is 6.28. The summed E-state index contributed by atoms with van der Waals surface area (Å²) in [6, 6.07) is 7.67. The van der Waals surface area contributed by atoms with Crippen molar-refractivity contribution in [2.75, 3.05) is 5.32 Å². The van der Waals surface area contributed by atoms with Crippen LogP contribution in [0.5, 0.6) is 0 Å². The fourth-order valence-electron chi connectivity index (χ4n) is 2.01. The SMILES string of the molecule is CC(Nc1cccc(Cl)c1-n1cncn1)c1ccn[nH]1. The van der Waals surface area contributed by atoms with Crippen LogP contribution in [0.15, 0.2) is 43.1 Å². The molecule has 3 rings (SSSR count). The summed E-state index contributed by atoms with van der Waals surface area (Å²) in [6.45, 7) is 2.04. The van der Waals surface area contributed by atoms with E-state index in [1.807, 2.05) is 31.2 Å². The van der Waals surface area contributed by atoms with E-state index in [2.05, 4.69) is 25.6 Å². The Bertz CT molecular complexity index is 677. The quantitative estimate of drug-likeness (QED) is 0.774. The van der Waals surface area contributed by atoms with Gasteiger partial charge in [0, 0.05) is 6.20 Å². The van der Waals surface area contributed by atoms with Crippen molar-refractivity contribution in [3.8, 4) is 5.69 Å². The van der Waals surface area contributed by atoms with Crippen molar-refractivity contribution in [1.29, 1.82) is 0 Å². The number of aromatic amines is 1. The molecule has 0 fully saturated rings. The predicted molar refractivity (Wildman–Crippen MR) is 77.0 cm³/mol. The summed E-state index contributed by atoms with van der Waals surface area (Å²) in [7, 11) is 0. The molecule has 0 saturated carbocycles. The van der Waals surface area contributed by atoms with E-state index < -0.39 is 0 Å². The van der Waals surface area contributed by atoms with Crippen molar-refractivity contribution in [2.45, 2.75) is 13.0 Å². The lowest BCUT2D eigenvalue weighted by Gasteiger charge is -2.17. The van der Waals surface area contributed by atoms with Gasteiger partial charge in [0.25, 0.3) is 0 Å². The number of hydrogen-bond donors (Lipinski definition) is 2. The van der Waals surface area contributed by atoms with Crippen LogP contribution in [0, 0.1) is 0 Å². The van der Waals surface area contributed by atoms with E-state index in [0.29, 0.717) is 5.02 Å². The highest BCUT2D eigenvalue weighted by Crippen LogP contribution is 2.30. The van der Waals surface area contributed by atoms with Gasteiger partial charge in [0.05, 0.1) is 22.4 Å². The van der Waals surface area contributed by atoms with Crippen LogP contribution in [-0.4, -0.2) is 25.0 Å². The van der Waals surface area contributed by atoms with Crippen molar-refractivity contribution in [3.05, 3.63) is 53.8 Å². The molecule has 1 atom stereocenters. The molecular formula is C13H13ClN6. The molecular weight excluding hydrogens is 276 g/mol. The van der Waals surface area contributed by atoms with Gasteiger partial charge in [-0.15, -0.1) is 0 Å². The summed E-state index contributed by atoms with van der Waals surface area (Å²) in [5, 5.41) is 15.0. The van der Waals surface area contributed by atoms with Crippen molar-refractivity contribution in [3.63, 3.8) is 0 Å². The van der Waals surface area contributed by atoms with Crippen LogP contribution in [0.2, 0.25) is 5.02 Å². The molecule has 0 bridgehead atoms. The van der Waals surface area contributed by atoms with E-state index in [-0.39, 0.29) is 6.04 Å². The van der Waals surface area contributed by atoms with Crippen molar-refractivity contribution in [2.24, 2.45) is 0 Å². The standard InChI is InChI=1S/C13H13ClN6/c1-9(11-5-6-16-19-11)18-12-4-2-3-10(14)13(12)20-8-15-7-17-20/h2-9,18H,1H3,(H,16,19). The molecule has 0 aliphatic carbocycles. The van der Waals surface area contributed by atoms with E-state index in [1.165, 1.54) is 6.33 Å². The highest BCUT2D eigenvalue weighted by Gasteiger charge is 2.13. The van der Waals surface area contributed by atoms with Gasteiger partial charge in [-0.3, -0.25) is 5.10 Å². The summed E-state index contributed by atoms with van der Waals surface area (Å²) in [6.07, 6.45) is 4.82. The Morgan fingerprint density at radius 3 is 2.95 bits per heavy atom. The van der Waals surface area contributed by atoms with E-state index in [4.69, 9.17) is 11.6 Å². The highest BCUT2D eigenvalue weighted by atomic mass is 35.5. The zero-order valence-electron chi connectivity index (χ0n) is 10.8. The summed E-state index contributed by atoms with van der Waals surface area (Å²) >= 11 is 6.28. The first-order chi connectivity index (χ1) is 9.75. The Kier molecular flexibility index (Phi) is 3.39. The summed E-state index contributed by atoms with van der Waals surface area (Å²) in [4.78, 5) is 3.96. The van der Waals surface area contributed by atoms with Crippen LogP contribution < -0.4 is 5.32 Å². The fourth-order valence-corrected chi connectivity index (χ4v) is 2.27. The molecule has 2 heterocycles. The molecule has 2 N–H and O–H groups in total. The van der Waals surface area contributed by atoms with Crippen LogP contribution in [0.4, 0.5) is 5.69 Å². The number of para-hydroxylation sites is 1. The minimum atomic E-state index is 0.0678. The predicted octanol–water partition coefficient (Wildman–Crippen LogP) is 2.82. The number of H-pyrrole nitrogens is 1. The first-order valence-corrected chi connectivity index (χ1v) is 6.53. The second kappa shape index (κ2) is 5.34. The Morgan fingerprint density at radius 2 is 2.25 bits per heavy atom. The van der Waals surface area contributed by atoms with Gasteiger partial charge in [0.15, 0.2) is 0 Å². The van der Waals surface area contributed by atoms with E-state index >= 15 is 0 Å². The van der Waals surface area contributed by atoms with E-state index in [0.717, 1.165) is 17.1 Å². The van der Waals surface area contributed by atoms with Gasteiger partial charge in [-0.25, -0.2) is 9.67 Å². The summed E-state index contributed by atoms with van der Waals surface area (Å²) < 4.78 is 1.64. The van der Waals surface area contributed by atoms with Crippen LogP contribution >= 0.6 is 11.6 Å². The summed E-state index contributed by atoms with van der Waals surface area (Å²) in [5.74, 6) is 0. The van der Waals surface area contributed by atoms with Gasteiger partial charge in [-0.05, 0) is 25.1 Å². The Labute approximate surface area is 120 Å². The zero-order valence-corrected chi connectivity index (χ0v) is 11.5. The molecule has 0 aliphatic rings. The minimum Gasteiger partial charge on any atom is -0.375 e. The largest absolute Gasteiger partial charge is 0.375 e. The van der Waals surface area contributed by atoms with Crippen LogP contribution in [0.25, 0.3) is 5.69 Å². The molecule has 0 aliphatic heterocycles. The maximum Gasteiger partial charge on any atom is 0.138 e. The van der Waals surface area contributed by atoms with Gasteiger partial charge >= 0.3 is 0 Å². The molecule has 3 aromatic rings. The van der Waals surface area contributed by atoms with Crippen LogP contribution in [0.1, 0.15) is 18.7 Å². The number of aromatic nitrogens is 5. The number of hydrogen-bond acceptors (Lipinski definition) is 4. The smallest absolute Gasteiger partial charge is 0.138 e. The van der Waals surface area contributed by atoms with Gasteiger partial charge in [0.1, 0.15) is 18.3 Å². The van der Waals surface area contributed by atoms with E-state index in [1.54, 1.807) is 17.2 Å². The second-order valence-electron chi connectivity index (χ2n) is 4.35. The van der Waals surface area contributed by atoms with Gasteiger partial charge in [-0.1, -0.05) is 17.7 Å². The average Bonchev–Trinajstić information content (AvgIpc) is 3.12. The zero-order chi connectivity index (χ0) is 13.9. The van der Waals surface area contributed by atoms with Gasteiger partial charge < -0.3 is 5.32 Å². The molecule has 102 valence electrons. The highest BCUT2D eigenvalue weighted by molar-refractivity contribution is 6.33. The Balaban J connectivity index is 1.96. The lowest BCUT2D eigenvalue weighted by molar-refractivity contribution is 0.816. The molecule has 20 heavy (non-hydrogen) atoms. The molecule has 0 spiro atoms. The molecule has 0 amide bonds. The minimum absolute atomic E-state index is 0.0678. The third kappa shape index (κ3) is 2.37. The summed E-state index contributed by atoms with van der Waals surface area (Å²) in [5.41, 5.74) is 2.65. The van der Waals surface area contributed by atoms with Crippen molar-refractivity contribution >= 4 is 17.3 Å². The van der Waals surface area contributed by atoms with Gasteiger partial charge in [0.2, 0.25) is 0 Å². The fraction of sp³-hybridized carbons (Fsp3) is 0.154. The Morgan fingerprint density at radius 1 is 1.35 bits per heavy atom. The first-order valence-electron chi connectivity index (χ1n) is 6.15. The third-order valence-electron chi connectivity index (χ3n) is 3.00. The number of anilines is 1. The second-order valence-corrected chi connectivity index (χ2v) is 4.76. The van der Waals surface area contributed by atoms with Crippen molar-refractivity contribution < 1.29 is 0 Å². The number of rotatable bonds is 4. The first kappa shape index (κ1) is 12.7.